The zero-order chi connectivity index (χ0) is 13.2. The van der Waals surface area contributed by atoms with Crippen LogP contribution in [0.5, 0.6) is 0 Å². The fourth-order valence-electron chi connectivity index (χ4n) is 1.60. The van der Waals surface area contributed by atoms with Crippen molar-refractivity contribution >= 4 is 11.5 Å². The summed E-state index contributed by atoms with van der Waals surface area (Å²) in [5, 5.41) is 13.1. The standard InChI is InChI=1S/C14H17N3O/c1-10-4-6-16-13(8-10)17-11-5-7-15-12(9-11)14(2,3)18/h4-9,18H,1-3H3,(H,15,16,17). The molecule has 2 rings (SSSR count). The van der Waals surface area contributed by atoms with Crippen molar-refractivity contribution in [3.8, 4) is 0 Å². The fraction of sp³-hybridized carbons (Fsp3) is 0.286. The highest BCUT2D eigenvalue weighted by atomic mass is 16.3. The van der Waals surface area contributed by atoms with Crippen molar-refractivity contribution in [3.05, 3.63) is 47.9 Å². The van der Waals surface area contributed by atoms with Gasteiger partial charge in [-0.3, -0.25) is 4.98 Å². The number of hydrogen-bond acceptors (Lipinski definition) is 4. The Morgan fingerprint density at radius 1 is 1.11 bits per heavy atom. The molecule has 18 heavy (non-hydrogen) atoms. The monoisotopic (exact) mass is 243 g/mol. The maximum absolute atomic E-state index is 9.92. The van der Waals surface area contributed by atoms with Crippen molar-refractivity contribution in [1.82, 2.24) is 9.97 Å². The second kappa shape index (κ2) is 4.74. The number of aromatic nitrogens is 2. The van der Waals surface area contributed by atoms with Gasteiger partial charge in [-0.1, -0.05) is 0 Å². The first kappa shape index (κ1) is 12.5. The zero-order valence-electron chi connectivity index (χ0n) is 10.8. The molecule has 4 nitrogen and oxygen atoms in total. The normalized spacial score (nSPS) is 11.3. The lowest BCUT2D eigenvalue weighted by Gasteiger charge is -2.17. The van der Waals surface area contributed by atoms with E-state index in [-0.39, 0.29) is 0 Å². The van der Waals surface area contributed by atoms with E-state index in [0.29, 0.717) is 5.69 Å². The molecule has 0 bridgehead atoms. The average molecular weight is 243 g/mol. The second-order valence-electron chi connectivity index (χ2n) is 4.83. The van der Waals surface area contributed by atoms with Crippen LogP contribution in [0.2, 0.25) is 0 Å². The molecule has 2 aromatic heterocycles. The van der Waals surface area contributed by atoms with Crippen molar-refractivity contribution in [2.75, 3.05) is 5.32 Å². The number of anilines is 2. The Bertz CT molecular complexity index is 547. The van der Waals surface area contributed by atoms with Crippen LogP contribution in [0.4, 0.5) is 11.5 Å². The van der Waals surface area contributed by atoms with Gasteiger partial charge in [0.15, 0.2) is 0 Å². The van der Waals surface area contributed by atoms with E-state index in [1.165, 1.54) is 0 Å². The molecule has 94 valence electrons. The van der Waals surface area contributed by atoms with Crippen molar-refractivity contribution in [3.63, 3.8) is 0 Å². The third kappa shape index (κ3) is 3.05. The Morgan fingerprint density at radius 3 is 2.50 bits per heavy atom. The fourth-order valence-corrected chi connectivity index (χ4v) is 1.60. The van der Waals surface area contributed by atoms with Crippen LogP contribution in [-0.2, 0) is 5.60 Å². The van der Waals surface area contributed by atoms with Crippen LogP contribution in [0.1, 0.15) is 25.1 Å². The number of rotatable bonds is 3. The Labute approximate surface area is 107 Å². The highest BCUT2D eigenvalue weighted by Gasteiger charge is 2.17. The molecular weight excluding hydrogens is 226 g/mol. The van der Waals surface area contributed by atoms with E-state index in [9.17, 15) is 5.11 Å². The van der Waals surface area contributed by atoms with E-state index in [1.807, 2.05) is 31.2 Å². The van der Waals surface area contributed by atoms with Gasteiger partial charge >= 0.3 is 0 Å². The number of hydrogen-bond donors (Lipinski definition) is 2. The highest BCUT2D eigenvalue weighted by Crippen LogP contribution is 2.22. The topological polar surface area (TPSA) is 58.0 Å². The van der Waals surface area contributed by atoms with Crippen LogP contribution in [0.3, 0.4) is 0 Å². The molecule has 2 heterocycles. The van der Waals surface area contributed by atoms with Crippen LogP contribution in [0.15, 0.2) is 36.7 Å². The van der Waals surface area contributed by atoms with E-state index in [2.05, 4.69) is 15.3 Å². The smallest absolute Gasteiger partial charge is 0.130 e. The quantitative estimate of drug-likeness (QED) is 0.870. The lowest BCUT2D eigenvalue weighted by Crippen LogP contribution is -2.17. The zero-order valence-corrected chi connectivity index (χ0v) is 10.8. The summed E-state index contributed by atoms with van der Waals surface area (Å²) in [4.78, 5) is 8.39. The third-order valence-electron chi connectivity index (χ3n) is 2.57. The van der Waals surface area contributed by atoms with Crippen molar-refractivity contribution in [2.45, 2.75) is 26.4 Å². The second-order valence-corrected chi connectivity index (χ2v) is 4.83. The van der Waals surface area contributed by atoms with Gasteiger partial charge in [0.05, 0.1) is 5.69 Å². The van der Waals surface area contributed by atoms with Crippen molar-refractivity contribution in [1.29, 1.82) is 0 Å². The van der Waals surface area contributed by atoms with Crippen molar-refractivity contribution in [2.24, 2.45) is 0 Å². The molecule has 2 aromatic rings. The summed E-state index contributed by atoms with van der Waals surface area (Å²) in [6.07, 6.45) is 3.43. The van der Waals surface area contributed by atoms with E-state index in [1.54, 1.807) is 26.2 Å². The summed E-state index contributed by atoms with van der Waals surface area (Å²) >= 11 is 0. The Balaban J connectivity index is 2.25. The van der Waals surface area contributed by atoms with Crippen molar-refractivity contribution < 1.29 is 5.11 Å². The molecule has 0 saturated heterocycles. The highest BCUT2D eigenvalue weighted by molar-refractivity contribution is 5.56. The minimum Gasteiger partial charge on any atom is -0.384 e. The predicted molar refractivity (Wildman–Crippen MR) is 71.7 cm³/mol. The molecule has 0 spiro atoms. The summed E-state index contributed by atoms with van der Waals surface area (Å²) in [6.45, 7) is 5.44. The first-order valence-electron chi connectivity index (χ1n) is 5.84. The van der Waals surface area contributed by atoms with E-state index < -0.39 is 5.60 Å². The molecule has 0 amide bonds. The molecular formula is C14H17N3O. The van der Waals surface area contributed by atoms with E-state index >= 15 is 0 Å². The minimum absolute atomic E-state index is 0.625. The van der Waals surface area contributed by atoms with Crippen LogP contribution in [-0.4, -0.2) is 15.1 Å². The molecule has 2 N–H and O–H groups in total. The minimum atomic E-state index is -0.947. The summed E-state index contributed by atoms with van der Waals surface area (Å²) in [5.41, 5.74) is 1.68. The van der Waals surface area contributed by atoms with Gasteiger partial charge in [0.25, 0.3) is 0 Å². The number of pyridine rings is 2. The van der Waals surface area contributed by atoms with Gasteiger partial charge in [0, 0.05) is 18.1 Å². The molecule has 0 atom stereocenters. The lowest BCUT2D eigenvalue weighted by atomic mass is 10.0. The molecule has 0 fully saturated rings. The summed E-state index contributed by atoms with van der Waals surface area (Å²) in [5.74, 6) is 0.780. The summed E-state index contributed by atoms with van der Waals surface area (Å²) in [6, 6.07) is 7.58. The van der Waals surface area contributed by atoms with Crippen LogP contribution in [0.25, 0.3) is 0 Å². The van der Waals surface area contributed by atoms with Gasteiger partial charge in [-0.15, -0.1) is 0 Å². The predicted octanol–water partition coefficient (Wildman–Crippen LogP) is 2.76. The Kier molecular flexibility index (Phi) is 3.30. The number of nitrogens with zero attached hydrogens (tertiary/aromatic N) is 2. The molecule has 0 aliphatic carbocycles. The van der Waals surface area contributed by atoms with Crippen LogP contribution in [0, 0.1) is 6.92 Å². The molecule has 4 heteroatoms. The van der Waals surface area contributed by atoms with Crippen LogP contribution >= 0.6 is 0 Å². The van der Waals surface area contributed by atoms with E-state index in [4.69, 9.17) is 0 Å². The summed E-state index contributed by atoms with van der Waals surface area (Å²) < 4.78 is 0. The first-order chi connectivity index (χ1) is 8.45. The van der Waals surface area contributed by atoms with Gasteiger partial charge < -0.3 is 10.4 Å². The van der Waals surface area contributed by atoms with Gasteiger partial charge in [0.1, 0.15) is 11.4 Å². The SMILES string of the molecule is Cc1ccnc(Nc2ccnc(C(C)(C)O)c2)c1. The Morgan fingerprint density at radius 2 is 1.83 bits per heavy atom. The number of nitrogens with one attached hydrogen (secondary N) is 1. The maximum atomic E-state index is 9.92. The largest absolute Gasteiger partial charge is 0.384 e. The molecule has 0 aromatic carbocycles. The van der Waals surface area contributed by atoms with E-state index in [0.717, 1.165) is 17.1 Å². The number of aliphatic hydroxyl groups is 1. The molecule has 0 aliphatic heterocycles. The van der Waals surface area contributed by atoms with Gasteiger partial charge in [-0.2, -0.15) is 0 Å². The summed E-state index contributed by atoms with van der Waals surface area (Å²) in [7, 11) is 0. The number of aryl methyl sites for hydroxylation is 1. The van der Waals surface area contributed by atoms with Gasteiger partial charge in [-0.05, 0) is 50.6 Å². The molecule has 0 aliphatic rings. The van der Waals surface area contributed by atoms with Gasteiger partial charge in [0.2, 0.25) is 0 Å². The van der Waals surface area contributed by atoms with Gasteiger partial charge in [-0.25, -0.2) is 4.98 Å². The van der Waals surface area contributed by atoms with Crippen LogP contribution < -0.4 is 5.32 Å². The Hall–Kier alpha value is -1.94. The lowest BCUT2D eigenvalue weighted by molar-refractivity contribution is 0.0739. The third-order valence-corrected chi connectivity index (χ3v) is 2.57. The molecule has 0 unspecified atom stereocenters. The molecule has 0 saturated carbocycles. The average Bonchev–Trinajstić information content (AvgIpc) is 2.28. The molecule has 0 radical (unpaired) electrons. The maximum Gasteiger partial charge on any atom is 0.130 e. The first-order valence-corrected chi connectivity index (χ1v) is 5.84.